The molecule has 8 heteroatoms. The highest BCUT2D eigenvalue weighted by Crippen LogP contribution is 2.42. The summed E-state index contributed by atoms with van der Waals surface area (Å²) in [6.45, 7) is 0.360. The van der Waals surface area contributed by atoms with E-state index in [1.54, 1.807) is 6.07 Å². The second-order valence-corrected chi connectivity index (χ2v) is 7.89. The highest BCUT2D eigenvalue weighted by Gasteiger charge is 2.23. The molecule has 0 amide bonds. The van der Waals surface area contributed by atoms with Crippen molar-refractivity contribution in [2.24, 2.45) is 5.18 Å². The van der Waals surface area contributed by atoms with E-state index in [4.69, 9.17) is 13.9 Å². The zero-order valence-corrected chi connectivity index (χ0v) is 17.2. The van der Waals surface area contributed by atoms with Crippen molar-refractivity contribution >= 4 is 27.6 Å². The Balaban J connectivity index is 1.52. The molecule has 0 fully saturated rings. The third-order valence-corrected chi connectivity index (χ3v) is 5.89. The fourth-order valence-electron chi connectivity index (χ4n) is 4.39. The summed E-state index contributed by atoms with van der Waals surface area (Å²) < 4.78 is 32.6. The molecule has 1 aliphatic rings. The maximum Gasteiger partial charge on any atom is 0.222 e. The van der Waals surface area contributed by atoms with Gasteiger partial charge in [-0.2, -0.15) is 0 Å². The van der Waals surface area contributed by atoms with E-state index in [0.29, 0.717) is 33.5 Å². The van der Waals surface area contributed by atoms with E-state index in [1.807, 2.05) is 42.5 Å². The summed E-state index contributed by atoms with van der Waals surface area (Å²) in [5.41, 5.74) is 3.12. The summed E-state index contributed by atoms with van der Waals surface area (Å²) in [6, 6.07) is 17.7. The molecule has 164 valence electrons. The van der Waals surface area contributed by atoms with Gasteiger partial charge in [0.1, 0.15) is 22.9 Å². The molecule has 0 saturated carbocycles. The van der Waals surface area contributed by atoms with Gasteiger partial charge in [-0.1, -0.05) is 24.3 Å². The average molecular weight is 444 g/mol. The van der Waals surface area contributed by atoms with Gasteiger partial charge in [-0.25, -0.2) is 4.39 Å². The van der Waals surface area contributed by atoms with Crippen LogP contribution >= 0.6 is 0 Å². The molecule has 33 heavy (non-hydrogen) atoms. The molecule has 3 aromatic carbocycles. The van der Waals surface area contributed by atoms with E-state index < -0.39 is 5.82 Å². The minimum absolute atomic E-state index is 0.0569. The predicted octanol–water partition coefficient (Wildman–Crippen LogP) is 6.21. The molecule has 0 radical (unpaired) electrons. The van der Waals surface area contributed by atoms with Crippen molar-refractivity contribution < 1.29 is 23.4 Å². The molecule has 6 rings (SSSR count). The van der Waals surface area contributed by atoms with E-state index in [0.717, 1.165) is 16.5 Å². The number of nitroso groups, excluding NO2 is 1. The fourth-order valence-corrected chi connectivity index (χ4v) is 4.39. The first-order chi connectivity index (χ1) is 16.1. The van der Waals surface area contributed by atoms with Crippen LogP contribution in [0.25, 0.3) is 33.2 Å². The Morgan fingerprint density at radius 1 is 1.09 bits per heavy atom. The summed E-state index contributed by atoms with van der Waals surface area (Å²) in [4.78, 5) is 11.5. The monoisotopic (exact) mass is 444 g/mol. The maximum absolute atomic E-state index is 14.3. The molecule has 5 aromatic rings. The Labute approximate surface area is 186 Å². The predicted molar refractivity (Wildman–Crippen MR) is 120 cm³/mol. The minimum atomic E-state index is -0.439. The number of hydrogen-bond acceptors (Lipinski definition) is 6. The number of fused-ring (bicyclic) bond motifs is 3. The van der Waals surface area contributed by atoms with Gasteiger partial charge in [0.2, 0.25) is 5.88 Å². The lowest BCUT2D eigenvalue weighted by molar-refractivity contribution is -0.0173. The normalized spacial score (nSPS) is 13.2. The zero-order chi connectivity index (χ0) is 22.5. The largest absolute Gasteiger partial charge is 0.493 e. The van der Waals surface area contributed by atoms with E-state index in [2.05, 4.69) is 5.18 Å². The molecule has 2 aromatic heterocycles. The number of halogens is 1. The van der Waals surface area contributed by atoms with E-state index in [9.17, 15) is 14.4 Å². The van der Waals surface area contributed by atoms with Crippen molar-refractivity contribution in [1.29, 1.82) is 0 Å². The second-order valence-electron chi connectivity index (χ2n) is 7.89. The number of furan rings is 1. The molecule has 1 aliphatic heterocycles. The number of ether oxygens (including phenoxy) is 2. The van der Waals surface area contributed by atoms with E-state index in [1.165, 1.54) is 16.7 Å². The second kappa shape index (κ2) is 7.46. The summed E-state index contributed by atoms with van der Waals surface area (Å²) in [7, 11) is 0. The van der Waals surface area contributed by atoms with Gasteiger partial charge in [0.15, 0.2) is 12.5 Å². The Hall–Kier alpha value is -4.17. The molecule has 0 aliphatic carbocycles. The fraction of sp³-hybridized carbons (Fsp3) is 0.120. The highest BCUT2D eigenvalue weighted by molar-refractivity contribution is 5.97. The number of para-hydroxylation sites is 1. The lowest BCUT2D eigenvalue weighted by Crippen LogP contribution is -2.14. The van der Waals surface area contributed by atoms with Gasteiger partial charge in [0.05, 0.1) is 18.7 Å². The third kappa shape index (κ3) is 3.15. The van der Waals surface area contributed by atoms with Crippen LogP contribution in [0.5, 0.6) is 11.6 Å². The van der Waals surface area contributed by atoms with Gasteiger partial charge < -0.3 is 23.6 Å². The first-order valence-electron chi connectivity index (χ1n) is 10.3. The molecule has 0 unspecified atom stereocenters. The van der Waals surface area contributed by atoms with Gasteiger partial charge in [0.25, 0.3) is 0 Å². The molecule has 0 spiro atoms. The lowest BCUT2D eigenvalue weighted by Gasteiger charge is -2.21. The summed E-state index contributed by atoms with van der Waals surface area (Å²) >= 11 is 0. The molecular weight excluding hydrogens is 427 g/mol. The smallest absolute Gasteiger partial charge is 0.222 e. The van der Waals surface area contributed by atoms with Crippen LogP contribution in [0.15, 0.2) is 70.3 Å². The Morgan fingerprint density at radius 2 is 1.97 bits per heavy atom. The molecule has 7 nitrogen and oxygen atoms in total. The van der Waals surface area contributed by atoms with Crippen LogP contribution in [0.2, 0.25) is 0 Å². The van der Waals surface area contributed by atoms with Gasteiger partial charge in [-0.15, -0.1) is 4.91 Å². The van der Waals surface area contributed by atoms with Crippen molar-refractivity contribution in [3.63, 3.8) is 0 Å². The van der Waals surface area contributed by atoms with Crippen molar-refractivity contribution in [1.82, 2.24) is 4.57 Å². The number of aromatic hydroxyl groups is 1. The summed E-state index contributed by atoms with van der Waals surface area (Å²) in [6.07, 6.45) is 0. The Bertz CT molecular complexity index is 1520. The number of benzene rings is 3. The SMILES string of the molecule is O=Nc1c(O)n(Cc2cc(F)cc3c2OCOC3)c2cc(-c3cc4ccccc4o3)ccc12. The first-order valence-corrected chi connectivity index (χ1v) is 10.3. The molecular formula is C25H17FN2O5. The van der Waals surface area contributed by atoms with Crippen LogP contribution < -0.4 is 4.74 Å². The topological polar surface area (TPSA) is 86.2 Å². The summed E-state index contributed by atoms with van der Waals surface area (Å²) in [5, 5.41) is 15.3. The molecule has 0 saturated heterocycles. The van der Waals surface area contributed by atoms with Crippen LogP contribution in [0.3, 0.4) is 0 Å². The molecule has 0 atom stereocenters. The lowest BCUT2D eigenvalue weighted by atomic mass is 10.1. The highest BCUT2D eigenvalue weighted by atomic mass is 19.1. The Kier molecular flexibility index (Phi) is 4.41. The van der Waals surface area contributed by atoms with Crippen LogP contribution in [0.4, 0.5) is 10.1 Å². The van der Waals surface area contributed by atoms with Crippen LogP contribution in [-0.2, 0) is 17.9 Å². The molecule has 0 bridgehead atoms. The van der Waals surface area contributed by atoms with Gasteiger partial charge in [-0.05, 0) is 41.6 Å². The first kappa shape index (κ1) is 19.5. The minimum Gasteiger partial charge on any atom is -0.493 e. The van der Waals surface area contributed by atoms with Gasteiger partial charge >= 0.3 is 0 Å². The quantitative estimate of drug-likeness (QED) is 0.333. The van der Waals surface area contributed by atoms with Crippen molar-refractivity contribution in [2.45, 2.75) is 13.2 Å². The zero-order valence-electron chi connectivity index (χ0n) is 17.2. The number of hydrogen-bond donors (Lipinski definition) is 1. The Morgan fingerprint density at radius 3 is 2.82 bits per heavy atom. The third-order valence-electron chi connectivity index (χ3n) is 5.89. The van der Waals surface area contributed by atoms with Crippen molar-refractivity contribution in [3.8, 4) is 23.0 Å². The van der Waals surface area contributed by atoms with E-state index in [-0.39, 0.29) is 31.5 Å². The number of rotatable bonds is 4. The van der Waals surface area contributed by atoms with Crippen molar-refractivity contribution in [3.05, 3.63) is 82.5 Å². The maximum atomic E-state index is 14.3. The molecule has 1 N–H and O–H groups in total. The van der Waals surface area contributed by atoms with Crippen molar-refractivity contribution in [2.75, 3.05) is 6.79 Å². The van der Waals surface area contributed by atoms with Gasteiger partial charge in [0, 0.05) is 27.5 Å². The van der Waals surface area contributed by atoms with Crippen LogP contribution in [0, 0.1) is 10.7 Å². The van der Waals surface area contributed by atoms with Gasteiger partial charge in [-0.3, -0.25) is 0 Å². The van der Waals surface area contributed by atoms with E-state index >= 15 is 0 Å². The van der Waals surface area contributed by atoms with Crippen LogP contribution in [-0.4, -0.2) is 16.5 Å². The average Bonchev–Trinajstić information content (AvgIpc) is 3.37. The number of aromatic nitrogens is 1. The molecule has 3 heterocycles. The summed E-state index contributed by atoms with van der Waals surface area (Å²) in [5.74, 6) is 0.421. The standard InChI is InChI=1S/C25H17FN2O5/c26-18-7-16(24-17(8-18)12-31-13-32-24)11-28-20-9-15(5-6-19(20)23(27-30)25(28)29)22-10-14-3-1-2-4-21(14)33-22/h1-10,29H,11-13H2. The number of nitrogens with zero attached hydrogens (tertiary/aromatic N) is 2. The van der Waals surface area contributed by atoms with Crippen LogP contribution in [0.1, 0.15) is 11.1 Å².